The van der Waals surface area contributed by atoms with E-state index in [9.17, 15) is 13.2 Å². The van der Waals surface area contributed by atoms with Gasteiger partial charge >= 0.3 is 6.18 Å². The average molecular weight is 164 g/mol. The maximum atomic E-state index is 12.1. The first-order valence-electron chi connectivity index (χ1n) is 3.82. The minimum atomic E-state index is -3.99. The highest BCUT2D eigenvalue weighted by Gasteiger charge is 2.38. The fraction of sp³-hybridized carbons (Fsp3) is 0.750. The molecule has 0 aromatic rings. The van der Waals surface area contributed by atoms with Crippen molar-refractivity contribution in [1.82, 2.24) is 0 Å². The second-order valence-corrected chi connectivity index (χ2v) is 2.88. The van der Waals surface area contributed by atoms with E-state index in [1.807, 2.05) is 6.08 Å². The van der Waals surface area contributed by atoms with Gasteiger partial charge in [-0.1, -0.05) is 12.2 Å². The van der Waals surface area contributed by atoms with Crippen molar-refractivity contribution in [2.24, 2.45) is 5.92 Å². The molecule has 0 N–H and O–H groups in total. The molecule has 0 fully saturated rings. The fourth-order valence-corrected chi connectivity index (χ4v) is 1.28. The molecular formula is C8H11F3. The summed E-state index contributed by atoms with van der Waals surface area (Å²) in [6.45, 7) is 0. The van der Waals surface area contributed by atoms with Gasteiger partial charge in [-0.3, -0.25) is 0 Å². The normalized spacial score (nSPS) is 26.6. The largest absolute Gasteiger partial charge is 0.392 e. The molecule has 11 heavy (non-hydrogen) atoms. The number of alkyl halides is 3. The van der Waals surface area contributed by atoms with Gasteiger partial charge in [0.25, 0.3) is 0 Å². The Labute approximate surface area is 64.1 Å². The van der Waals surface area contributed by atoms with Gasteiger partial charge < -0.3 is 0 Å². The predicted octanol–water partition coefficient (Wildman–Crippen LogP) is 3.30. The summed E-state index contributed by atoms with van der Waals surface area (Å²) in [4.78, 5) is 0. The zero-order valence-corrected chi connectivity index (χ0v) is 6.19. The van der Waals surface area contributed by atoms with Crippen LogP contribution in [0.4, 0.5) is 13.2 Å². The van der Waals surface area contributed by atoms with Crippen LogP contribution in [0.25, 0.3) is 0 Å². The summed E-state index contributed by atoms with van der Waals surface area (Å²) in [6.07, 6.45) is 1.42. The van der Waals surface area contributed by atoms with Crippen molar-refractivity contribution in [1.29, 1.82) is 0 Å². The van der Waals surface area contributed by atoms with E-state index in [0.29, 0.717) is 6.42 Å². The van der Waals surface area contributed by atoms with Crippen LogP contribution in [0, 0.1) is 5.92 Å². The fourth-order valence-electron chi connectivity index (χ4n) is 1.28. The smallest absolute Gasteiger partial charge is 0.171 e. The van der Waals surface area contributed by atoms with Crippen molar-refractivity contribution >= 4 is 0 Å². The molecule has 0 amide bonds. The Kier molecular flexibility index (Phi) is 2.58. The molecule has 1 unspecified atom stereocenters. The highest BCUT2D eigenvalue weighted by atomic mass is 19.4. The zero-order chi connectivity index (χ0) is 8.32. The van der Waals surface area contributed by atoms with E-state index in [1.165, 1.54) is 0 Å². The third-order valence-corrected chi connectivity index (χ3v) is 1.97. The number of halogens is 3. The summed E-state index contributed by atoms with van der Waals surface area (Å²) < 4.78 is 36.3. The molecule has 0 aliphatic heterocycles. The average Bonchev–Trinajstić information content (AvgIpc) is 2.10. The molecule has 0 aromatic heterocycles. The van der Waals surface area contributed by atoms with Gasteiger partial charge in [0.2, 0.25) is 0 Å². The Bertz CT molecular complexity index is 146. The zero-order valence-electron chi connectivity index (χ0n) is 6.19. The molecule has 1 aliphatic carbocycles. The van der Waals surface area contributed by atoms with Crippen LogP contribution >= 0.6 is 0 Å². The monoisotopic (exact) mass is 164 g/mol. The second-order valence-electron chi connectivity index (χ2n) is 2.88. The van der Waals surface area contributed by atoms with Crippen LogP contribution in [0.1, 0.15) is 25.7 Å². The molecule has 1 aliphatic rings. The van der Waals surface area contributed by atoms with Crippen LogP contribution in [0.15, 0.2) is 12.2 Å². The number of rotatable bonds is 0. The van der Waals surface area contributed by atoms with E-state index < -0.39 is 12.1 Å². The van der Waals surface area contributed by atoms with Gasteiger partial charge in [-0.2, -0.15) is 13.2 Å². The topological polar surface area (TPSA) is 0 Å². The van der Waals surface area contributed by atoms with Crippen molar-refractivity contribution in [2.45, 2.75) is 31.9 Å². The molecule has 3 heteroatoms. The number of hydrogen-bond acceptors (Lipinski definition) is 0. The summed E-state index contributed by atoms with van der Waals surface area (Å²) in [5, 5.41) is 0. The van der Waals surface area contributed by atoms with Crippen LogP contribution in [0.5, 0.6) is 0 Å². The molecule has 1 atom stereocenters. The highest BCUT2D eigenvalue weighted by Crippen LogP contribution is 2.34. The lowest BCUT2D eigenvalue weighted by molar-refractivity contribution is -0.175. The molecular weight excluding hydrogens is 153 g/mol. The van der Waals surface area contributed by atoms with Gasteiger partial charge in [-0.05, 0) is 25.7 Å². The SMILES string of the molecule is FC(F)(F)C1CC=CCCC1. The summed E-state index contributed by atoms with van der Waals surface area (Å²) in [7, 11) is 0. The molecule has 64 valence electrons. The Morgan fingerprint density at radius 2 is 1.91 bits per heavy atom. The standard InChI is InChI=1S/C8H11F3/c9-8(10,11)7-5-3-1-2-4-6-7/h1,3,7H,2,4-6H2. The van der Waals surface area contributed by atoms with E-state index in [0.717, 1.165) is 6.42 Å². The molecule has 0 spiro atoms. The Morgan fingerprint density at radius 1 is 1.18 bits per heavy atom. The van der Waals surface area contributed by atoms with Crippen LogP contribution in [-0.4, -0.2) is 6.18 Å². The van der Waals surface area contributed by atoms with E-state index in [4.69, 9.17) is 0 Å². The van der Waals surface area contributed by atoms with Crippen LogP contribution in [0.3, 0.4) is 0 Å². The van der Waals surface area contributed by atoms with Crippen molar-refractivity contribution < 1.29 is 13.2 Å². The van der Waals surface area contributed by atoms with Crippen molar-refractivity contribution in [3.05, 3.63) is 12.2 Å². The van der Waals surface area contributed by atoms with Crippen LogP contribution < -0.4 is 0 Å². The summed E-state index contributed by atoms with van der Waals surface area (Å²) >= 11 is 0. The van der Waals surface area contributed by atoms with E-state index >= 15 is 0 Å². The Balaban J connectivity index is 2.51. The van der Waals surface area contributed by atoms with Crippen molar-refractivity contribution in [3.63, 3.8) is 0 Å². The Morgan fingerprint density at radius 3 is 2.55 bits per heavy atom. The second kappa shape index (κ2) is 3.28. The van der Waals surface area contributed by atoms with Crippen LogP contribution in [0.2, 0.25) is 0 Å². The lowest BCUT2D eigenvalue weighted by Gasteiger charge is -2.16. The number of hydrogen-bond donors (Lipinski definition) is 0. The third kappa shape index (κ3) is 2.56. The van der Waals surface area contributed by atoms with Gasteiger partial charge in [0.15, 0.2) is 0 Å². The lowest BCUT2D eigenvalue weighted by Crippen LogP contribution is -2.21. The van der Waals surface area contributed by atoms with Crippen LogP contribution in [-0.2, 0) is 0 Å². The maximum absolute atomic E-state index is 12.1. The van der Waals surface area contributed by atoms with Crippen molar-refractivity contribution in [2.75, 3.05) is 0 Å². The summed E-state index contributed by atoms with van der Waals surface area (Å²) in [5.41, 5.74) is 0. The van der Waals surface area contributed by atoms with E-state index in [2.05, 4.69) is 0 Å². The third-order valence-electron chi connectivity index (χ3n) is 1.97. The summed E-state index contributed by atoms with van der Waals surface area (Å²) in [6, 6.07) is 0. The van der Waals surface area contributed by atoms with Gasteiger partial charge in [-0.25, -0.2) is 0 Å². The maximum Gasteiger partial charge on any atom is 0.392 e. The Hall–Kier alpha value is -0.470. The van der Waals surface area contributed by atoms with Crippen molar-refractivity contribution in [3.8, 4) is 0 Å². The first-order chi connectivity index (χ1) is 5.11. The van der Waals surface area contributed by atoms with Gasteiger partial charge in [0.1, 0.15) is 0 Å². The highest BCUT2D eigenvalue weighted by molar-refractivity contribution is 4.89. The van der Waals surface area contributed by atoms with E-state index in [1.54, 1.807) is 6.08 Å². The minimum Gasteiger partial charge on any atom is -0.171 e. The predicted molar refractivity (Wildman–Crippen MR) is 37.2 cm³/mol. The summed E-state index contributed by atoms with van der Waals surface area (Å²) in [5.74, 6) is -1.10. The number of allylic oxidation sites excluding steroid dienone is 2. The molecule has 0 radical (unpaired) electrons. The van der Waals surface area contributed by atoms with Gasteiger partial charge in [0, 0.05) is 0 Å². The molecule has 0 saturated heterocycles. The minimum absolute atomic E-state index is 0.170. The molecule has 0 aromatic carbocycles. The quantitative estimate of drug-likeness (QED) is 0.482. The van der Waals surface area contributed by atoms with Gasteiger partial charge in [-0.15, -0.1) is 0 Å². The molecule has 1 rings (SSSR count). The first-order valence-corrected chi connectivity index (χ1v) is 3.82. The molecule has 0 bridgehead atoms. The molecule has 0 heterocycles. The first kappa shape index (κ1) is 8.62. The molecule has 0 nitrogen and oxygen atoms in total. The van der Waals surface area contributed by atoms with E-state index in [-0.39, 0.29) is 12.8 Å². The molecule has 0 saturated carbocycles. The van der Waals surface area contributed by atoms with Gasteiger partial charge in [0.05, 0.1) is 5.92 Å². The lowest BCUT2D eigenvalue weighted by atomic mass is 10.0.